The van der Waals surface area contributed by atoms with Gasteiger partial charge in [-0.1, -0.05) is 41.1 Å². The minimum Gasteiger partial charge on any atom is -0.332 e. The fraction of sp³-hybridized carbons (Fsp3) is 0.0625. The van der Waals surface area contributed by atoms with Gasteiger partial charge < -0.3 is 4.52 Å². The van der Waals surface area contributed by atoms with Crippen LogP contribution >= 0.6 is 11.3 Å². The zero-order valence-electron chi connectivity index (χ0n) is 11.8. The molecule has 0 radical (unpaired) electrons. The van der Waals surface area contributed by atoms with E-state index in [1.54, 1.807) is 11.3 Å². The number of hydrogen-bond donors (Lipinski definition) is 1. The molecular formula is C16H12N4OS. The highest BCUT2D eigenvalue weighted by molar-refractivity contribution is 7.13. The topological polar surface area (TPSA) is 67.6 Å². The van der Waals surface area contributed by atoms with Crippen LogP contribution in [0.1, 0.15) is 5.56 Å². The first kappa shape index (κ1) is 13.0. The summed E-state index contributed by atoms with van der Waals surface area (Å²) in [4.78, 5) is 5.54. The molecule has 5 nitrogen and oxygen atoms in total. The van der Waals surface area contributed by atoms with Gasteiger partial charge in [-0.3, -0.25) is 5.10 Å². The Labute approximate surface area is 130 Å². The van der Waals surface area contributed by atoms with Crippen LogP contribution < -0.4 is 0 Å². The van der Waals surface area contributed by atoms with Gasteiger partial charge in [-0.25, -0.2) is 0 Å². The van der Waals surface area contributed by atoms with Crippen molar-refractivity contribution in [2.45, 2.75) is 6.92 Å². The molecule has 6 heteroatoms. The van der Waals surface area contributed by atoms with Gasteiger partial charge >= 0.3 is 0 Å². The molecule has 0 fully saturated rings. The molecule has 0 spiro atoms. The van der Waals surface area contributed by atoms with Gasteiger partial charge in [0.1, 0.15) is 0 Å². The van der Waals surface area contributed by atoms with E-state index in [-0.39, 0.29) is 0 Å². The van der Waals surface area contributed by atoms with Crippen molar-refractivity contribution in [3.8, 4) is 33.5 Å². The van der Waals surface area contributed by atoms with E-state index in [2.05, 4.69) is 20.3 Å². The van der Waals surface area contributed by atoms with Gasteiger partial charge in [0.25, 0.3) is 5.89 Å². The summed E-state index contributed by atoms with van der Waals surface area (Å²) in [5, 5.41) is 13.3. The number of aromatic amines is 1. The maximum absolute atomic E-state index is 5.33. The minimum atomic E-state index is 0.412. The second-order valence-electron chi connectivity index (χ2n) is 4.93. The van der Waals surface area contributed by atoms with Crippen LogP contribution in [0.2, 0.25) is 0 Å². The number of hydrogen-bond acceptors (Lipinski definition) is 5. The molecule has 3 heterocycles. The number of aromatic nitrogens is 4. The van der Waals surface area contributed by atoms with E-state index in [9.17, 15) is 0 Å². The van der Waals surface area contributed by atoms with Gasteiger partial charge in [0.2, 0.25) is 5.82 Å². The van der Waals surface area contributed by atoms with E-state index in [4.69, 9.17) is 4.52 Å². The standard InChI is InChI=1S/C16H12N4OS/c1-10-4-6-11(7-5-10)15-17-16(21-20-15)13-9-12(18-19-13)14-3-2-8-22-14/h2-9H,1H3,(H,18,19). The van der Waals surface area contributed by atoms with Gasteiger partial charge in [-0.2, -0.15) is 10.1 Å². The molecule has 0 amide bonds. The number of nitrogens with one attached hydrogen (secondary N) is 1. The van der Waals surface area contributed by atoms with Crippen molar-refractivity contribution in [3.05, 3.63) is 53.4 Å². The normalized spacial score (nSPS) is 11.0. The highest BCUT2D eigenvalue weighted by atomic mass is 32.1. The Hall–Kier alpha value is -2.73. The van der Waals surface area contributed by atoms with Gasteiger partial charge in [0.05, 0.1) is 10.6 Å². The average molecular weight is 308 g/mol. The van der Waals surface area contributed by atoms with Gasteiger partial charge in [0.15, 0.2) is 5.69 Å². The Morgan fingerprint density at radius 3 is 2.77 bits per heavy atom. The molecule has 0 aliphatic carbocycles. The van der Waals surface area contributed by atoms with Crippen molar-refractivity contribution in [3.63, 3.8) is 0 Å². The second-order valence-corrected chi connectivity index (χ2v) is 5.88. The number of nitrogens with zero attached hydrogens (tertiary/aromatic N) is 3. The van der Waals surface area contributed by atoms with Crippen molar-refractivity contribution in [1.29, 1.82) is 0 Å². The zero-order chi connectivity index (χ0) is 14.9. The van der Waals surface area contributed by atoms with E-state index in [1.165, 1.54) is 5.56 Å². The van der Waals surface area contributed by atoms with E-state index < -0.39 is 0 Å². The predicted molar refractivity (Wildman–Crippen MR) is 85.4 cm³/mol. The highest BCUT2D eigenvalue weighted by Gasteiger charge is 2.14. The third-order valence-corrected chi connectivity index (χ3v) is 4.22. The number of H-pyrrole nitrogens is 1. The average Bonchev–Trinajstić information content (AvgIpc) is 3.27. The Bertz CT molecular complexity index is 891. The number of aryl methyl sites for hydroxylation is 1. The third kappa shape index (κ3) is 2.33. The first-order chi connectivity index (χ1) is 10.8. The van der Waals surface area contributed by atoms with Gasteiger partial charge in [-0.15, -0.1) is 11.3 Å². The predicted octanol–water partition coefficient (Wildman–Crippen LogP) is 4.16. The maximum Gasteiger partial charge on any atom is 0.278 e. The summed E-state index contributed by atoms with van der Waals surface area (Å²) < 4.78 is 5.33. The van der Waals surface area contributed by atoms with Crippen molar-refractivity contribution >= 4 is 11.3 Å². The van der Waals surface area contributed by atoms with Gasteiger partial charge in [0, 0.05) is 5.56 Å². The molecule has 0 saturated heterocycles. The first-order valence-corrected chi connectivity index (χ1v) is 7.68. The Kier molecular flexibility index (Phi) is 3.08. The lowest BCUT2D eigenvalue weighted by molar-refractivity contribution is 0.431. The lowest BCUT2D eigenvalue weighted by Crippen LogP contribution is -1.81. The lowest BCUT2D eigenvalue weighted by Gasteiger charge is -1.94. The molecule has 0 bridgehead atoms. The second kappa shape index (κ2) is 5.23. The largest absolute Gasteiger partial charge is 0.332 e. The van der Waals surface area contributed by atoms with Crippen LogP contribution in [-0.2, 0) is 0 Å². The molecule has 0 atom stereocenters. The van der Waals surface area contributed by atoms with Crippen LogP contribution in [0.25, 0.3) is 33.5 Å². The molecule has 0 aliphatic heterocycles. The lowest BCUT2D eigenvalue weighted by atomic mass is 10.1. The van der Waals surface area contributed by atoms with Crippen molar-refractivity contribution in [1.82, 2.24) is 20.3 Å². The van der Waals surface area contributed by atoms with Crippen molar-refractivity contribution < 1.29 is 4.52 Å². The summed E-state index contributed by atoms with van der Waals surface area (Å²) in [6.45, 7) is 2.04. The monoisotopic (exact) mass is 308 g/mol. The number of benzene rings is 1. The number of rotatable bonds is 3. The molecule has 108 valence electrons. The maximum atomic E-state index is 5.33. The molecule has 4 rings (SSSR count). The highest BCUT2D eigenvalue weighted by Crippen LogP contribution is 2.27. The molecule has 4 aromatic rings. The minimum absolute atomic E-state index is 0.412. The van der Waals surface area contributed by atoms with E-state index in [0.29, 0.717) is 17.4 Å². The Morgan fingerprint density at radius 2 is 2.00 bits per heavy atom. The molecule has 0 saturated carbocycles. The summed E-state index contributed by atoms with van der Waals surface area (Å²) in [5.41, 5.74) is 3.71. The SMILES string of the molecule is Cc1ccc(-c2noc(-c3cc(-c4cccs4)[nH]n3)n2)cc1. The summed E-state index contributed by atoms with van der Waals surface area (Å²) in [5.74, 6) is 0.977. The summed E-state index contributed by atoms with van der Waals surface area (Å²) in [7, 11) is 0. The molecule has 1 N–H and O–H groups in total. The molecule has 0 unspecified atom stereocenters. The zero-order valence-corrected chi connectivity index (χ0v) is 12.6. The van der Waals surface area contributed by atoms with E-state index in [0.717, 1.165) is 16.1 Å². The fourth-order valence-electron chi connectivity index (χ4n) is 2.14. The summed E-state index contributed by atoms with van der Waals surface area (Å²) in [6.07, 6.45) is 0. The molecule has 0 aliphatic rings. The number of thiophene rings is 1. The van der Waals surface area contributed by atoms with Crippen LogP contribution in [0.5, 0.6) is 0 Å². The van der Waals surface area contributed by atoms with Crippen molar-refractivity contribution in [2.24, 2.45) is 0 Å². The van der Waals surface area contributed by atoms with E-state index >= 15 is 0 Å². The Morgan fingerprint density at radius 1 is 1.14 bits per heavy atom. The van der Waals surface area contributed by atoms with Crippen molar-refractivity contribution in [2.75, 3.05) is 0 Å². The van der Waals surface area contributed by atoms with Crippen LogP contribution in [0.4, 0.5) is 0 Å². The third-order valence-electron chi connectivity index (χ3n) is 3.32. The molecule has 22 heavy (non-hydrogen) atoms. The summed E-state index contributed by atoms with van der Waals surface area (Å²) in [6, 6.07) is 14.0. The van der Waals surface area contributed by atoms with Crippen LogP contribution in [-0.4, -0.2) is 20.3 Å². The van der Waals surface area contributed by atoms with E-state index in [1.807, 2.05) is 54.8 Å². The quantitative estimate of drug-likeness (QED) is 0.617. The van der Waals surface area contributed by atoms with Crippen LogP contribution in [0.3, 0.4) is 0 Å². The van der Waals surface area contributed by atoms with Crippen LogP contribution in [0.15, 0.2) is 52.4 Å². The molecular weight excluding hydrogens is 296 g/mol. The Balaban J connectivity index is 1.65. The summed E-state index contributed by atoms with van der Waals surface area (Å²) >= 11 is 1.65. The first-order valence-electron chi connectivity index (χ1n) is 6.80. The van der Waals surface area contributed by atoms with Gasteiger partial charge in [-0.05, 0) is 24.4 Å². The molecule has 3 aromatic heterocycles. The fourth-order valence-corrected chi connectivity index (χ4v) is 2.83. The van der Waals surface area contributed by atoms with Crippen LogP contribution in [0, 0.1) is 6.92 Å². The molecule has 1 aromatic carbocycles. The smallest absolute Gasteiger partial charge is 0.278 e.